The van der Waals surface area contributed by atoms with Gasteiger partial charge in [0, 0.05) is 18.7 Å². The molecule has 29 heavy (non-hydrogen) atoms. The van der Waals surface area contributed by atoms with E-state index in [9.17, 15) is 14.4 Å². The summed E-state index contributed by atoms with van der Waals surface area (Å²) in [5.41, 5.74) is 0.782. The number of nitrogens with one attached hydrogen (secondary N) is 1. The molecule has 2 amide bonds. The Morgan fingerprint density at radius 2 is 1.93 bits per heavy atom. The normalized spacial score (nSPS) is 14.8. The fourth-order valence-corrected chi connectivity index (χ4v) is 3.30. The second-order valence-corrected chi connectivity index (χ2v) is 7.75. The summed E-state index contributed by atoms with van der Waals surface area (Å²) >= 11 is 5.84. The maximum atomic E-state index is 12.8. The highest BCUT2D eigenvalue weighted by Crippen LogP contribution is 2.38. The third kappa shape index (κ3) is 4.35. The zero-order valence-electron chi connectivity index (χ0n) is 16.3. The Bertz CT molecular complexity index is 1000. The highest BCUT2D eigenvalue weighted by Gasteiger charge is 2.40. The van der Waals surface area contributed by atoms with E-state index in [0.29, 0.717) is 17.1 Å². The molecule has 0 aliphatic carbocycles. The highest BCUT2D eigenvalue weighted by molar-refractivity contribution is 6.33. The summed E-state index contributed by atoms with van der Waals surface area (Å²) in [5.74, 6) is -1.18. The van der Waals surface area contributed by atoms with Crippen molar-refractivity contribution in [3.63, 3.8) is 0 Å². The first-order valence-electron chi connectivity index (χ1n) is 9.03. The maximum absolute atomic E-state index is 12.8. The molecule has 152 valence electrons. The molecule has 0 aromatic heterocycles. The van der Waals surface area contributed by atoms with Gasteiger partial charge >= 0.3 is 5.97 Å². The topological polar surface area (TPSA) is 95.9 Å². The number of aromatic carboxylic acids is 1. The number of carboxylic acids is 1. The van der Waals surface area contributed by atoms with E-state index < -0.39 is 11.6 Å². The van der Waals surface area contributed by atoms with E-state index in [0.717, 1.165) is 5.56 Å². The molecule has 8 heteroatoms. The van der Waals surface area contributed by atoms with Crippen molar-refractivity contribution < 1.29 is 24.2 Å². The predicted molar refractivity (Wildman–Crippen MR) is 110 cm³/mol. The van der Waals surface area contributed by atoms with Crippen LogP contribution in [0.1, 0.15) is 36.2 Å². The molecule has 1 heterocycles. The molecule has 7 nitrogen and oxygen atoms in total. The third-order valence-corrected chi connectivity index (χ3v) is 4.90. The molecular formula is C21H21ClN2O5. The van der Waals surface area contributed by atoms with Crippen molar-refractivity contribution in [2.75, 3.05) is 16.8 Å². The Balaban J connectivity index is 1.74. The SMILES string of the molecule is Cc1ccc2c(c1)N(CCC(=O)Nc1ccc(Cl)c(C(=O)O)c1)C(=O)C(C)(C)O2. The number of ether oxygens (including phenoxy) is 1. The van der Waals surface area contributed by atoms with Gasteiger partial charge in [-0.3, -0.25) is 9.59 Å². The van der Waals surface area contributed by atoms with Gasteiger partial charge in [-0.15, -0.1) is 0 Å². The molecule has 0 atom stereocenters. The monoisotopic (exact) mass is 416 g/mol. The number of amides is 2. The Kier molecular flexibility index (Phi) is 5.53. The summed E-state index contributed by atoms with van der Waals surface area (Å²) < 4.78 is 5.81. The summed E-state index contributed by atoms with van der Waals surface area (Å²) in [7, 11) is 0. The van der Waals surface area contributed by atoms with Crippen LogP contribution in [0.25, 0.3) is 0 Å². The molecule has 0 fully saturated rings. The van der Waals surface area contributed by atoms with Crippen LogP contribution in [0.2, 0.25) is 5.02 Å². The second kappa shape index (κ2) is 7.75. The molecule has 0 bridgehead atoms. The molecule has 2 N–H and O–H groups in total. The Morgan fingerprint density at radius 3 is 2.62 bits per heavy atom. The molecule has 2 aromatic rings. The minimum atomic E-state index is -1.18. The number of hydrogen-bond acceptors (Lipinski definition) is 4. The third-order valence-electron chi connectivity index (χ3n) is 4.57. The van der Waals surface area contributed by atoms with Gasteiger partial charge in [-0.25, -0.2) is 4.79 Å². The first-order chi connectivity index (χ1) is 13.6. The number of hydrogen-bond donors (Lipinski definition) is 2. The minimum Gasteiger partial charge on any atom is -0.478 e. The van der Waals surface area contributed by atoms with Crippen LogP contribution in [0.15, 0.2) is 36.4 Å². The lowest BCUT2D eigenvalue weighted by Gasteiger charge is -2.38. The smallest absolute Gasteiger partial charge is 0.337 e. The fourth-order valence-electron chi connectivity index (χ4n) is 3.10. The van der Waals surface area contributed by atoms with Crippen LogP contribution >= 0.6 is 11.6 Å². The van der Waals surface area contributed by atoms with Crippen molar-refractivity contribution in [1.82, 2.24) is 0 Å². The van der Waals surface area contributed by atoms with Crippen LogP contribution in [0, 0.1) is 6.92 Å². The van der Waals surface area contributed by atoms with Crippen molar-refractivity contribution in [1.29, 1.82) is 0 Å². The average Bonchev–Trinajstić information content (AvgIpc) is 2.64. The second-order valence-electron chi connectivity index (χ2n) is 7.34. The van der Waals surface area contributed by atoms with Crippen molar-refractivity contribution >= 4 is 40.8 Å². The van der Waals surface area contributed by atoms with Crippen LogP contribution < -0.4 is 15.0 Å². The van der Waals surface area contributed by atoms with E-state index in [-0.39, 0.29) is 35.4 Å². The molecule has 0 saturated carbocycles. The van der Waals surface area contributed by atoms with Gasteiger partial charge in [0.05, 0.1) is 16.3 Å². The fraction of sp³-hybridized carbons (Fsp3) is 0.286. The molecule has 1 aliphatic rings. The van der Waals surface area contributed by atoms with Crippen LogP contribution in [0.5, 0.6) is 5.75 Å². The standard InChI is InChI=1S/C21H21ClN2O5/c1-12-4-7-17-16(10-12)24(20(28)21(2,3)29-17)9-8-18(25)23-13-5-6-15(22)14(11-13)19(26)27/h4-7,10-11H,8-9H2,1-3H3,(H,23,25)(H,26,27). The van der Waals surface area contributed by atoms with E-state index in [1.54, 1.807) is 18.7 Å². The van der Waals surface area contributed by atoms with Gasteiger partial charge in [-0.2, -0.15) is 0 Å². The van der Waals surface area contributed by atoms with Crippen molar-refractivity contribution in [2.24, 2.45) is 0 Å². The van der Waals surface area contributed by atoms with Crippen LogP contribution in [0.3, 0.4) is 0 Å². The summed E-state index contributed by atoms with van der Waals surface area (Å²) in [6.45, 7) is 5.45. The summed E-state index contributed by atoms with van der Waals surface area (Å²) in [6.07, 6.45) is 0.0280. The number of anilines is 2. The highest BCUT2D eigenvalue weighted by atomic mass is 35.5. The number of fused-ring (bicyclic) bond motifs is 1. The minimum absolute atomic E-state index is 0.0280. The van der Waals surface area contributed by atoms with Gasteiger partial charge < -0.3 is 20.1 Å². The average molecular weight is 417 g/mol. The summed E-state index contributed by atoms with van der Waals surface area (Å²) in [4.78, 5) is 38.0. The Hall–Kier alpha value is -3.06. The molecular weight excluding hydrogens is 396 g/mol. The predicted octanol–water partition coefficient (Wildman–Crippen LogP) is 3.88. The van der Waals surface area contributed by atoms with Crippen LogP contribution in [-0.2, 0) is 9.59 Å². The van der Waals surface area contributed by atoms with E-state index >= 15 is 0 Å². The number of carboxylic acid groups (broad SMARTS) is 1. The molecule has 1 aliphatic heterocycles. The van der Waals surface area contributed by atoms with Crippen LogP contribution in [-0.4, -0.2) is 35.0 Å². The molecule has 0 radical (unpaired) electrons. The lowest BCUT2D eigenvalue weighted by molar-refractivity contribution is -0.132. The number of carbonyl (C=O) groups is 3. The van der Waals surface area contributed by atoms with Gasteiger partial charge in [0.15, 0.2) is 5.60 Å². The molecule has 2 aromatic carbocycles. The van der Waals surface area contributed by atoms with E-state index in [4.69, 9.17) is 21.4 Å². The van der Waals surface area contributed by atoms with Gasteiger partial charge in [-0.1, -0.05) is 17.7 Å². The van der Waals surface area contributed by atoms with Gasteiger partial charge in [0.2, 0.25) is 5.91 Å². The van der Waals surface area contributed by atoms with E-state index in [1.807, 2.05) is 25.1 Å². The number of nitrogens with zero attached hydrogens (tertiary/aromatic N) is 1. The molecule has 0 saturated heterocycles. The maximum Gasteiger partial charge on any atom is 0.337 e. The lowest BCUT2D eigenvalue weighted by Crippen LogP contribution is -2.53. The first-order valence-corrected chi connectivity index (χ1v) is 9.40. The number of carbonyl (C=O) groups excluding carboxylic acids is 2. The molecule has 0 spiro atoms. The van der Waals surface area contributed by atoms with E-state index in [1.165, 1.54) is 18.2 Å². The van der Waals surface area contributed by atoms with Crippen molar-refractivity contribution in [3.8, 4) is 5.75 Å². The molecule has 0 unspecified atom stereocenters. The zero-order chi connectivity index (χ0) is 21.3. The Morgan fingerprint density at radius 1 is 1.21 bits per heavy atom. The summed E-state index contributed by atoms with van der Waals surface area (Å²) in [5, 5.41) is 11.9. The Labute approximate surface area is 173 Å². The van der Waals surface area contributed by atoms with E-state index in [2.05, 4.69) is 5.32 Å². The van der Waals surface area contributed by atoms with Crippen molar-refractivity contribution in [3.05, 3.63) is 52.5 Å². The number of halogens is 1. The van der Waals surface area contributed by atoms with Gasteiger partial charge in [0.25, 0.3) is 5.91 Å². The lowest BCUT2D eigenvalue weighted by atomic mass is 10.0. The van der Waals surface area contributed by atoms with Crippen LogP contribution in [0.4, 0.5) is 11.4 Å². The number of benzene rings is 2. The largest absolute Gasteiger partial charge is 0.478 e. The number of rotatable bonds is 5. The quantitative estimate of drug-likeness (QED) is 0.771. The summed E-state index contributed by atoms with van der Waals surface area (Å²) in [6, 6.07) is 9.79. The van der Waals surface area contributed by atoms with Gasteiger partial charge in [-0.05, 0) is 56.7 Å². The van der Waals surface area contributed by atoms with Gasteiger partial charge in [0.1, 0.15) is 5.75 Å². The number of aryl methyl sites for hydroxylation is 1. The zero-order valence-corrected chi connectivity index (χ0v) is 17.0. The molecule has 3 rings (SSSR count). The first kappa shape index (κ1) is 20.7. The van der Waals surface area contributed by atoms with Crippen molar-refractivity contribution in [2.45, 2.75) is 32.8 Å².